The van der Waals surface area contributed by atoms with Gasteiger partial charge in [-0.25, -0.2) is 14.4 Å². The zero-order valence-electron chi connectivity index (χ0n) is 60.7. The van der Waals surface area contributed by atoms with Crippen molar-refractivity contribution < 1.29 is 67.5 Å². The van der Waals surface area contributed by atoms with Crippen LogP contribution in [0, 0.1) is 6.92 Å². The van der Waals surface area contributed by atoms with Crippen LogP contribution < -0.4 is 5.32 Å². The number of alkyl carbamates (subject to hydrolysis) is 1. The van der Waals surface area contributed by atoms with Gasteiger partial charge >= 0.3 is 30.0 Å². The van der Waals surface area contributed by atoms with Gasteiger partial charge in [0.2, 0.25) is 0 Å². The Labute approximate surface area is 606 Å². The standard InChI is InChI=1S/C45H59NO7SSi.C20H38O4SSi.C16H14O3/c1-6-7-8-9-10-22-43(48)54-28-16-15-17-35(31-42(47)51-27-29-55(3,4)5)53-44(49)41(30-34-25-23-33(2)24-26-34)46-45(50)52-32-40-38-20-13-11-18-36(38)37-19-12-14-21-39(37)40;1-5-6-7-8-9-13-20(23)25-15-11-10-12-18(21)17-19(22)24-14-16-26(2,3)4;17-9-16(18)19-10-15-13-7-3-1-5-11(13)12-6-2-4-8-14(12)15/h11-15,17-21,23-26,35,40-41H,6-10,16,22,27-32H2,1-5H3,(H,46,50);10,12,18,21H,5-9,11,13-17H2,1-4H3;1-8,15,17H,9-10H2/b17-15+;12-10+;/t35-,41+;18-;/m11./s1. The summed E-state index contributed by atoms with van der Waals surface area (Å²) in [6, 6.07) is 40.9. The molecule has 7 rings (SSSR count). The maximum atomic E-state index is 13.9. The molecule has 15 nitrogen and oxygen atoms in total. The van der Waals surface area contributed by atoms with Crippen LogP contribution in [0.15, 0.2) is 146 Å². The van der Waals surface area contributed by atoms with Gasteiger partial charge in [-0.3, -0.25) is 19.2 Å². The van der Waals surface area contributed by atoms with Crippen LogP contribution in [-0.2, 0) is 58.9 Å². The van der Waals surface area contributed by atoms with Crippen LogP contribution in [0.5, 0.6) is 0 Å². The molecular weight excluding hydrogens is 1330 g/mol. The number of allylic oxidation sites excluding steroid dienone is 2. The van der Waals surface area contributed by atoms with Gasteiger partial charge in [0.05, 0.1) is 32.2 Å². The topological polar surface area (TPSA) is 218 Å². The maximum absolute atomic E-state index is 13.9. The zero-order chi connectivity index (χ0) is 72.7. The van der Waals surface area contributed by atoms with E-state index in [1.54, 1.807) is 12.2 Å². The number of thioether (sulfide) groups is 2. The molecule has 0 aliphatic heterocycles. The van der Waals surface area contributed by atoms with Crippen LogP contribution in [0.25, 0.3) is 22.3 Å². The van der Waals surface area contributed by atoms with Crippen LogP contribution in [0.1, 0.15) is 162 Å². The number of carbonyl (C=O) groups is 7. The molecule has 19 heteroatoms. The minimum atomic E-state index is -1.43. The van der Waals surface area contributed by atoms with Crippen LogP contribution >= 0.6 is 23.5 Å². The predicted molar refractivity (Wildman–Crippen MR) is 411 cm³/mol. The first-order chi connectivity index (χ1) is 48.0. The number of carbonyl (C=O) groups excluding carboxylic acids is 7. The SMILES string of the molecule is CCCCCCCC(=O)SCC/C=C/[C@@H](O)CC(=O)OCC[Si](C)(C)C.CCCCCCCC(=O)SCC/C=C/[C@H](CC(=O)OCC[Si](C)(C)C)OC(=O)[C@H](Cc1ccc(C)cc1)NC(=O)OCC1c2ccccc2-c2ccccc21.O=C(CO)OCC1c2ccccc2-c2ccccc21. The summed E-state index contributed by atoms with van der Waals surface area (Å²) in [4.78, 5) is 87.1. The van der Waals surface area contributed by atoms with E-state index in [4.69, 9.17) is 28.8 Å². The number of aliphatic hydroxyl groups excluding tert-OH is 2. The summed E-state index contributed by atoms with van der Waals surface area (Å²) in [7, 11) is -2.63. The third-order valence-corrected chi connectivity index (χ3v) is 22.3. The van der Waals surface area contributed by atoms with Gasteiger partial charge < -0.3 is 39.2 Å². The summed E-state index contributed by atoms with van der Waals surface area (Å²) in [5, 5.41) is 21.7. The molecule has 2 aliphatic rings. The lowest BCUT2D eigenvalue weighted by atomic mass is 9.98. The van der Waals surface area contributed by atoms with Gasteiger partial charge in [0.25, 0.3) is 0 Å². The lowest BCUT2D eigenvalue weighted by Crippen LogP contribution is -2.45. The van der Waals surface area contributed by atoms with Gasteiger partial charge in [-0.1, -0.05) is 273 Å². The Hall–Kier alpha value is -6.88. The average Bonchev–Trinajstić information content (AvgIpc) is 1.63. The third-order valence-electron chi connectivity index (χ3n) is 17.0. The highest BCUT2D eigenvalue weighted by Gasteiger charge is 2.32. The summed E-state index contributed by atoms with van der Waals surface area (Å²) in [6.07, 6.45) is 18.3. The minimum Gasteiger partial charge on any atom is -0.466 e. The molecule has 5 aromatic rings. The molecule has 100 heavy (non-hydrogen) atoms. The van der Waals surface area contributed by atoms with E-state index in [0.717, 1.165) is 83.3 Å². The van der Waals surface area contributed by atoms with E-state index < -0.39 is 65.0 Å². The number of hydrogen-bond acceptors (Lipinski definition) is 16. The van der Waals surface area contributed by atoms with E-state index >= 15 is 0 Å². The van der Waals surface area contributed by atoms with Crippen molar-refractivity contribution >= 4 is 79.9 Å². The number of esters is 4. The van der Waals surface area contributed by atoms with Crippen LogP contribution in [0.3, 0.4) is 0 Å². The molecule has 544 valence electrons. The van der Waals surface area contributed by atoms with Crippen molar-refractivity contribution in [3.8, 4) is 22.3 Å². The maximum Gasteiger partial charge on any atom is 0.407 e. The minimum absolute atomic E-state index is 0.00790. The van der Waals surface area contributed by atoms with Crippen molar-refractivity contribution in [3.05, 3.63) is 179 Å². The molecule has 0 spiro atoms. The smallest absolute Gasteiger partial charge is 0.407 e. The van der Waals surface area contributed by atoms with Gasteiger partial charge in [0.15, 0.2) is 10.2 Å². The van der Waals surface area contributed by atoms with Crippen molar-refractivity contribution in [1.29, 1.82) is 0 Å². The molecule has 0 radical (unpaired) electrons. The number of amides is 1. The van der Waals surface area contributed by atoms with Crippen LogP contribution in [0.2, 0.25) is 51.4 Å². The molecule has 3 N–H and O–H groups in total. The van der Waals surface area contributed by atoms with Crippen LogP contribution in [0.4, 0.5) is 4.79 Å². The second kappa shape index (κ2) is 45.9. The number of fused-ring (bicyclic) bond motifs is 6. The molecule has 3 atom stereocenters. The largest absolute Gasteiger partial charge is 0.466 e. The summed E-state index contributed by atoms with van der Waals surface area (Å²) >= 11 is 2.67. The number of ether oxygens (including phenoxy) is 5. The van der Waals surface area contributed by atoms with Gasteiger partial charge in [-0.15, -0.1) is 0 Å². The Balaban J connectivity index is 0.000000327. The van der Waals surface area contributed by atoms with E-state index in [9.17, 15) is 38.7 Å². The Bertz CT molecular complexity index is 3310. The quantitative estimate of drug-likeness (QED) is 0.0109. The highest BCUT2D eigenvalue weighted by molar-refractivity contribution is 8.13. The molecule has 0 saturated carbocycles. The first kappa shape index (κ1) is 83.8. The number of nitrogens with one attached hydrogen (secondary N) is 1. The Kier molecular flexibility index (Phi) is 38.4. The van der Waals surface area contributed by atoms with Crippen molar-refractivity contribution in [2.75, 3.05) is 44.5 Å². The molecule has 0 heterocycles. The fourth-order valence-corrected chi connectivity index (χ4v) is 14.3. The number of benzene rings is 5. The van der Waals surface area contributed by atoms with E-state index in [2.05, 4.69) is 107 Å². The number of hydrogen-bond donors (Lipinski definition) is 3. The molecule has 0 saturated heterocycles. The lowest BCUT2D eigenvalue weighted by Gasteiger charge is -2.22. The van der Waals surface area contributed by atoms with E-state index in [1.807, 2.05) is 91.9 Å². The second-order valence-electron chi connectivity index (χ2n) is 28.0. The molecule has 5 aromatic carbocycles. The highest BCUT2D eigenvalue weighted by Crippen LogP contribution is 2.46. The summed E-state index contributed by atoms with van der Waals surface area (Å²) in [5.74, 6) is -0.860. The number of unbranched alkanes of at least 4 members (excludes halogenated alkanes) is 8. The van der Waals surface area contributed by atoms with Crippen LogP contribution in [-0.4, -0.2) is 129 Å². The summed E-state index contributed by atoms with van der Waals surface area (Å²) in [5.41, 5.74) is 11.1. The van der Waals surface area contributed by atoms with Crippen molar-refractivity contribution in [2.24, 2.45) is 0 Å². The normalized spacial score (nSPS) is 13.3. The van der Waals surface area contributed by atoms with Crippen molar-refractivity contribution in [1.82, 2.24) is 5.32 Å². The molecule has 2 aliphatic carbocycles. The fourth-order valence-electron chi connectivity index (χ4n) is 11.3. The summed E-state index contributed by atoms with van der Waals surface area (Å²) < 4.78 is 27.6. The van der Waals surface area contributed by atoms with Gasteiger partial charge in [0, 0.05) is 58.8 Å². The third kappa shape index (κ3) is 32.4. The Morgan fingerprint density at radius 3 is 1.38 bits per heavy atom. The Morgan fingerprint density at radius 1 is 0.520 bits per heavy atom. The zero-order valence-corrected chi connectivity index (χ0v) is 64.4. The number of aryl methyl sites for hydroxylation is 1. The van der Waals surface area contributed by atoms with Gasteiger partial charge in [0.1, 0.15) is 32.0 Å². The van der Waals surface area contributed by atoms with Gasteiger partial charge in [-0.05, 0) is 101 Å². The van der Waals surface area contributed by atoms with E-state index in [1.165, 1.54) is 77.9 Å². The predicted octanol–water partition coefficient (Wildman–Crippen LogP) is 17.7. The number of rotatable bonds is 40. The fraction of sp³-hybridized carbons (Fsp3) is 0.494. The van der Waals surface area contributed by atoms with E-state index in [0.29, 0.717) is 44.6 Å². The highest BCUT2D eigenvalue weighted by atomic mass is 32.2. The van der Waals surface area contributed by atoms with E-state index in [-0.39, 0.29) is 60.5 Å². The van der Waals surface area contributed by atoms with Gasteiger partial charge in [-0.2, -0.15) is 0 Å². The molecular formula is C81H111NO14S2Si2. The molecule has 0 bridgehead atoms. The number of aliphatic hydroxyl groups is 2. The first-order valence-electron chi connectivity index (χ1n) is 35.9. The summed E-state index contributed by atoms with van der Waals surface area (Å²) in [6.45, 7) is 20.2. The lowest BCUT2D eigenvalue weighted by molar-refractivity contribution is -0.154. The first-order valence-corrected chi connectivity index (χ1v) is 45.3. The monoisotopic (exact) mass is 1440 g/mol. The molecule has 0 fully saturated rings. The van der Waals surface area contributed by atoms with Crippen molar-refractivity contribution in [2.45, 2.75) is 211 Å². The second-order valence-corrected chi connectivity index (χ2v) is 41.5. The molecule has 1 amide bonds. The average molecular weight is 1440 g/mol. The molecule has 0 aromatic heterocycles. The Morgan fingerprint density at radius 2 is 0.940 bits per heavy atom. The van der Waals surface area contributed by atoms with Crippen molar-refractivity contribution in [3.63, 3.8) is 0 Å². The molecule has 0 unspecified atom stereocenters.